The second-order valence-electron chi connectivity index (χ2n) is 43.6. The highest BCUT2D eigenvalue weighted by atomic mass is 33.1. The molecule has 832 valence electrons. The van der Waals surface area contributed by atoms with Gasteiger partial charge >= 0.3 is 7.82 Å². The zero-order valence-corrected chi connectivity index (χ0v) is 98.7. The van der Waals surface area contributed by atoms with E-state index in [9.17, 15) is 52.7 Å². The van der Waals surface area contributed by atoms with Crippen LogP contribution in [0.25, 0.3) is 0 Å². The number of rotatable bonds is 60. The van der Waals surface area contributed by atoms with Gasteiger partial charge in [0, 0.05) is 137 Å². The number of likely N-dealkylation sites (tertiary alicyclic amines) is 7. The normalized spacial score (nSPS) is 24.3. The Balaban J connectivity index is 0.000000470. The number of phosphoric ester groups is 1. The van der Waals surface area contributed by atoms with Gasteiger partial charge < -0.3 is 91.9 Å². The molecular weight excluding hydrogens is 1930 g/mol. The van der Waals surface area contributed by atoms with Crippen molar-refractivity contribution in [1.29, 1.82) is 0 Å². The van der Waals surface area contributed by atoms with E-state index in [2.05, 4.69) is 117 Å². The number of ether oxygens (including phenoxy) is 8. The maximum Gasteiger partial charge on any atom is 0.472 e. The molecule has 32 nitrogen and oxygen atoms in total. The summed E-state index contributed by atoms with van der Waals surface area (Å²) in [4.78, 5) is 135. The summed E-state index contributed by atoms with van der Waals surface area (Å²) in [6, 6.07) is 1.92. The van der Waals surface area contributed by atoms with E-state index in [1.54, 1.807) is 47.1 Å². The molecule has 7 heterocycles. The molecule has 0 spiro atoms. The van der Waals surface area contributed by atoms with E-state index >= 15 is 0 Å². The Morgan fingerprint density at radius 3 is 1.15 bits per heavy atom. The topological polar surface area (TPSA) is 352 Å². The number of nitrogens with one attached hydrogen (secondary N) is 2. The number of nitrogens with zero attached hydrogens (tertiary/aromatic N) is 7. The van der Waals surface area contributed by atoms with Crippen molar-refractivity contribution in [2.45, 2.75) is 481 Å². The highest BCUT2D eigenvalue weighted by Crippen LogP contribution is 2.49. The van der Waals surface area contributed by atoms with Crippen molar-refractivity contribution in [3.8, 4) is 0 Å². The highest BCUT2D eigenvalue weighted by molar-refractivity contribution is 8.77. The molecule has 0 aromatic heterocycles. The fourth-order valence-electron chi connectivity index (χ4n) is 18.1. The van der Waals surface area contributed by atoms with Crippen LogP contribution in [0.15, 0.2) is 0 Å². The number of hydrogen-bond donors (Lipinski definition) is 4. The quantitative estimate of drug-likeness (QED) is 0.0190. The first kappa shape index (κ1) is 134. The van der Waals surface area contributed by atoms with Crippen molar-refractivity contribution in [2.24, 2.45) is 17.8 Å². The van der Waals surface area contributed by atoms with E-state index < -0.39 is 21.5 Å². The van der Waals surface area contributed by atoms with Crippen molar-refractivity contribution < 1.29 is 109 Å². The third-order valence-corrected chi connectivity index (χ3v) is 32.2. The third-order valence-electron chi connectivity index (χ3n) is 24.9. The molecule has 0 bridgehead atoms. The molecule has 0 aromatic carbocycles. The van der Waals surface area contributed by atoms with Gasteiger partial charge in [-0.15, -0.1) is 0 Å². The Morgan fingerprint density at radius 2 is 0.732 bits per heavy atom. The van der Waals surface area contributed by atoms with E-state index in [1.807, 2.05) is 141 Å². The number of Topliss-reactive ketones (excluding diaryl/α,β-unsaturated/α-hetero) is 3. The minimum absolute atomic E-state index is 0.00128. The fraction of sp³-hybridized carbons (Fsp3) is 0.913. The van der Waals surface area contributed by atoms with Crippen LogP contribution in [0.1, 0.15) is 324 Å². The fourth-order valence-corrected chi connectivity index (χ4v) is 24.0. The molecule has 7 fully saturated rings. The van der Waals surface area contributed by atoms with Gasteiger partial charge in [0.05, 0.1) is 173 Å². The van der Waals surface area contributed by atoms with Crippen molar-refractivity contribution in [2.75, 3.05) is 116 Å². The Hall–Kier alpha value is -2.43. The van der Waals surface area contributed by atoms with Crippen molar-refractivity contribution in [3.63, 3.8) is 0 Å². The maximum atomic E-state index is 13.0. The van der Waals surface area contributed by atoms with Gasteiger partial charge in [-0.3, -0.25) is 57.2 Å². The van der Waals surface area contributed by atoms with E-state index in [0.717, 1.165) is 76.9 Å². The second kappa shape index (κ2) is 70.0. The van der Waals surface area contributed by atoms with Gasteiger partial charge in [0.1, 0.15) is 17.3 Å². The molecule has 0 saturated carbocycles. The summed E-state index contributed by atoms with van der Waals surface area (Å²) in [5.41, 5.74) is 0. The molecule has 0 aliphatic carbocycles. The van der Waals surface area contributed by atoms with E-state index in [1.165, 1.54) is 10.8 Å². The summed E-state index contributed by atoms with van der Waals surface area (Å²) < 4.78 is 82.5. The first-order valence-corrected chi connectivity index (χ1v) is 61.6. The van der Waals surface area contributed by atoms with Crippen LogP contribution in [0.5, 0.6) is 0 Å². The molecule has 38 heteroatoms. The summed E-state index contributed by atoms with van der Waals surface area (Å²) >= 11 is 0. The number of phosphoric acid groups is 1. The molecule has 7 aliphatic heterocycles. The molecule has 5 amide bonds. The van der Waals surface area contributed by atoms with E-state index in [0.29, 0.717) is 145 Å². The van der Waals surface area contributed by atoms with Crippen LogP contribution in [-0.2, 0) is 98.9 Å². The smallest absolute Gasteiger partial charge is 0.377 e. The molecule has 7 aliphatic rings. The van der Waals surface area contributed by atoms with Crippen LogP contribution in [-0.4, -0.2) is 370 Å². The van der Waals surface area contributed by atoms with Gasteiger partial charge in [-0.2, -0.15) is 0 Å². The van der Waals surface area contributed by atoms with Crippen LogP contribution < -0.4 is 10.6 Å². The number of carbonyl (C=O) groups excluding carboxylic acids is 8. The zero-order valence-electron chi connectivity index (χ0n) is 93.6. The van der Waals surface area contributed by atoms with Gasteiger partial charge in [-0.05, 0) is 228 Å². The summed E-state index contributed by atoms with van der Waals surface area (Å²) in [6.07, 6.45) is 14.3. The standard InChI is InChI=1S/C31H59N4O8P.C21H43N2O4P.C19H35NO4S2.C17H31NO4.C16H31NO3S2/c1-22(2)32-14-8-10-28(36)12-13-31(38)34-18-25(7)16-26(34)21-42-44(39,40)43-29-17-27(20-41-24(5)6)35(19-29)30(37)11-9-15-33-23(3)4;1-9-18-10-21(13-22(18)15(2)3)27-28(8,24)25-14-19-11-20(26-17(6)7)12-23(19)16(4)5;1-13(2)18(21)7-8-25-26-12-19(22)20-10-17(24-15(5)6)9-16(20)11-23-14(3)4;1-11(2)16(19)8-17(20)18-9-15(22-13(5)6)7-14(18)10-21-12(3)4;1-11(2)19-9-14-7-15(20-12(3)4)8-17(14)16(18)10-21-22-13(5)6/h22-27,29,32-33H,8-21H2,1-7H3,(H,39,40);15-21,24H,8-14H2,1-7H3;13-17H,7-12H2,1-6H3;2*11-15H,7-10H2,1-6H3/t25-,26+,27+,29-;;16-,17+;2*14-,15+/m1.000/s1. The monoisotopic (exact) mass is 2130 g/mol. The van der Waals surface area contributed by atoms with Gasteiger partial charge in [-0.1, -0.05) is 126 Å². The van der Waals surface area contributed by atoms with Gasteiger partial charge in [0.2, 0.25) is 37.1 Å². The summed E-state index contributed by atoms with van der Waals surface area (Å²) in [6.45, 7) is 73.2. The third kappa shape index (κ3) is 55.7. The maximum absolute atomic E-state index is 13.0. The van der Waals surface area contributed by atoms with Crippen LogP contribution in [0.3, 0.4) is 0 Å². The van der Waals surface area contributed by atoms with Crippen molar-refractivity contribution >= 4 is 112 Å². The summed E-state index contributed by atoms with van der Waals surface area (Å²) in [5, 5.41) is 7.12. The van der Waals surface area contributed by atoms with Gasteiger partial charge in [-0.25, -0.2) is 4.57 Å². The molecule has 0 aromatic rings. The lowest BCUT2D eigenvalue weighted by atomic mass is 10.1. The lowest BCUT2D eigenvalue weighted by Gasteiger charge is -2.30. The lowest BCUT2D eigenvalue weighted by molar-refractivity contribution is -0.139. The van der Waals surface area contributed by atoms with E-state index in [-0.39, 0.29) is 213 Å². The Kier molecular flexibility index (Phi) is 65.9. The summed E-state index contributed by atoms with van der Waals surface area (Å²) in [5.74, 6) is 2.26. The Bertz CT molecular complexity index is 3670. The van der Waals surface area contributed by atoms with Gasteiger partial charge in [0.25, 0.3) is 0 Å². The molecule has 4 N–H and O–H groups in total. The van der Waals surface area contributed by atoms with Crippen LogP contribution in [0, 0.1) is 17.8 Å². The van der Waals surface area contributed by atoms with Crippen LogP contribution >= 0.6 is 58.6 Å². The Morgan fingerprint density at radius 1 is 0.373 bits per heavy atom. The lowest BCUT2D eigenvalue weighted by Crippen LogP contribution is -2.40. The highest BCUT2D eigenvalue weighted by Gasteiger charge is 2.45. The van der Waals surface area contributed by atoms with Gasteiger partial charge in [0.15, 0.2) is 0 Å². The van der Waals surface area contributed by atoms with Crippen molar-refractivity contribution in [1.82, 2.24) is 44.9 Å². The predicted molar refractivity (Wildman–Crippen MR) is 581 cm³/mol. The average molecular weight is 2130 g/mol. The average Bonchev–Trinajstić information content (AvgIpc) is 1.69. The van der Waals surface area contributed by atoms with Crippen molar-refractivity contribution in [3.05, 3.63) is 0 Å². The molecular formula is C104H199N9O23P2S4. The van der Waals surface area contributed by atoms with E-state index in [4.69, 9.17) is 56.0 Å². The molecule has 0 radical (unpaired) electrons. The SMILES string of the molecule is C=P(O)(OCC1CC(OC(C)C)CN1C(C)C)OC1CC(CC)N(C(C)C)C1.CC(C)NCCCC(=O)CCC(=O)N1C[C@H](C)C[C@H]1COP(=O)(O)O[C@@H]1C[C@@H](COC(C)C)N(C(=O)CCCNC(C)C)C1.CC(C)OC[C@@H]1C[C@@H](OC(C)C)CN1C(=O)CC(=O)C(C)C.CC(C)OC[C@@H]1C[C@@H](OC(C)C)CN1C(=O)CSSC(C)C.CC(C)OC[C@@H]1C[C@@H](OC(C)C)CN1C(=O)CSSCCC(=O)C(C)C. The van der Waals surface area contributed by atoms with Crippen LogP contribution in [0.4, 0.5) is 0 Å². The molecule has 16 atom stereocenters. The molecule has 6 unspecified atom stereocenters. The molecule has 142 heavy (non-hydrogen) atoms. The first-order chi connectivity index (χ1) is 66.4. The summed E-state index contributed by atoms with van der Waals surface area (Å²) in [7, 11) is -1.02. The minimum Gasteiger partial charge on any atom is -0.377 e. The zero-order chi connectivity index (χ0) is 107. The molecule has 7 saturated heterocycles. The predicted octanol–water partition coefficient (Wildman–Crippen LogP) is 17.2. The number of amides is 5. The minimum atomic E-state index is -4.47. The largest absolute Gasteiger partial charge is 0.472 e. The number of hydrogen-bond acceptors (Lipinski definition) is 30. The molecule has 7 rings (SSSR count). The number of ketones is 3. The second-order valence-corrected chi connectivity index (χ2v) is 52.3. The first-order valence-electron chi connectivity index (χ1n) is 53.5. The van der Waals surface area contributed by atoms with Crippen LogP contribution in [0.2, 0.25) is 0 Å². The Labute approximate surface area is 874 Å². The number of carbonyl (C=O) groups is 8.